The van der Waals surface area contributed by atoms with Crippen LogP contribution in [0.3, 0.4) is 0 Å². The van der Waals surface area contributed by atoms with Crippen molar-refractivity contribution in [2.45, 2.75) is 31.2 Å². The van der Waals surface area contributed by atoms with Crippen LogP contribution in [0.4, 0.5) is 0 Å². The van der Waals surface area contributed by atoms with Crippen molar-refractivity contribution >= 4 is 12.4 Å². The van der Waals surface area contributed by atoms with Crippen molar-refractivity contribution in [2.24, 2.45) is 5.73 Å². The third-order valence-electron chi connectivity index (χ3n) is 3.30. The SMILES string of the molecule is Cl.NC1CCC(c2nc(-c3ccccc3)no2)C1. The molecule has 0 bridgehead atoms. The number of halogens is 1. The van der Waals surface area contributed by atoms with Crippen molar-refractivity contribution in [3.63, 3.8) is 0 Å². The van der Waals surface area contributed by atoms with Crippen LogP contribution in [-0.4, -0.2) is 16.2 Å². The molecule has 18 heavy (non-hydrogen) atoms. The highest BCUT2D eigenvalue weighted by Gasteiger charge is 2.27. The highest BCUT2D eigenvalue weighted by atomic mass is 35.5. The van der Waals surface area contributed by atoms with Crippen LogP contribution in [0.25, 0.3) is 11.4 Å². The van der Waals surface area contributed by atoms with Gasteiger partial charge in [-0.3, -0.25) is 0 Å². The molecule has 5 heteroatoms. The van der Waals surface area contributed by atoms with Gasteiger partial charge in [-0.1, -0.05) is 35.5 Å². The first-order valence-corrected chi connectivity index (χ1v) is 5.97. The van der Waals surface area contributed by atoms with Gasteiger partial charge in [0, 0.05) is 17.5 Å². The van der Waals surface area contributed by atoms with Crippen LogP contribution in [-0.2, 0) is 0 Å². The van der Waals surface area contributed by atoms with Gasteiger partial charge >= 0.3 is 0 Å². The van der Waals surface area contributed by atoms with E-state index in [0.717, 1.165) is 30.7 Å². The van der Waals surface area contributed by atoms with E-state index in [-0.39, 0.29) is 18.4 Å². The topological polar surface area (TPSA) is 64.9 Å². The number of benzene rings is 1. The quantitative estimate of drug-likeness (QED) is 0.907. The van der Waals surface area contributed by atoms with E-state index in [9.17, 15) is 0 Å². The van der Waals surface area contributed by atoms with Gasteiger partial charge in [0.1, 0.15) is 0 Å². The third-order valence-corrected chi connectivity index (χ3v) is 3.30. The highest BCUT2D eigenvalue weighted by Crippen LogP contribution is 2.33. The maximum atomic E-state index is 5.89. The predicted octanol–water partition coefficient (Wildman–Crippen LogP) is 2.75. The average Bonchev–Trinajstić information content (AvgIpc) is 2.98. The van der Waals surface area contributed by atoms with Crippen LogP contribution < -0.4 is 5.73 Å². The van der Waals surface area contributed by atoms with Crippen molar-refractivity contribution in [3.05, 3.63) is 36.2 Å². The zero-order valence-electron chi connectivity index (χ0n) is 9.95. The summed E-state index contributed by atoms with van der Waals surface area (Å²) >= 11 is 0. The molecule has 2 N–H and O–H groups in total. The van der Waals surface area contributed by atoms with Gasteiger partial charge in [0.2, 0.25) is 11.7 Å². The molecular weight excluding hydrogens is 250 g/mol. The van der Waals surface area contributed by atoms with Crippen LogP contribution in [0.2, 0.25) is 0 Å². The molecule has 2 atom stereocenters. The van der Waals surface area contributed by atoms with E-state index in [4.69, 9.17) is 10.3 Å². The minimum absolute atomic E-state index is 0. The fraction of sp³-hybridized carbons (Fsp3) is 0.385. The Labute approximate surface area is 112 Å². The Morgan fingerprint density at radius 2 is 1.94 bits per heavy atom. The molecule has 1 aliphatic rings. The number of hydrogen-bond acceptors (Lipinski definition) is 4. The van der Waals surface area contributed by atoms with Crippen molar-refractivity contribution in [2.75, 3.05) is 0 Å². The number of rotatable bonds is 2. The summed E-state index contributed by atoms with van der Waals surface area (Å²) in [5.41, 5.74) is 6.88. The van der Waals surface area contributed by atoms with Gasteiger partial charge in [-0.25, -0.2) is 0 Å². The summed E-state index contributed by atoms with van der Waals surface area (Å²) in [4.78, 5) is 4.46. The van der Waals surface area contributed by atoms with E-state index in [1.165, 1.54) is 0 Å². The summed E-state index contributed by atoms with van der Waals surface area (Å²) in [5.74, 6) is 1.74. The Bertz CT molecular complexity index is 500. The normalized spacial score (nSPS) is 22.7. The van der Waals surface area contributed by atoms with E-state index < -0.39 is 0 Å². The summed E-state index contributed by atoms with van der Waals surface area (Å²) in [6.45, 7) is 0. The van der Waals surface area contributed by atoms with Crippen LogP contribution >= 0.6 is 12.4 Å². The molecule has 96 valence electrons. The van der Waals surface area contributed by atoms with Gasteiger partial charge < -0.3 is 10.3 Å². The standard InChI is InChI=1S/C13H15N3O.ClH/c14-11-7-6-10(8-11)13-15-12(16-17-13)9-4-2-1-3-5-9;/h1-5,10-11H,6-8,14H2;1H. The van der Waals surface area contributed by atoms with Gasteiger partial charge in [0.15, 0.2) is 0 Å². The maximum Gasteiger partial charge on any atom is 0.230 e. The second kappa shape index (κ2) is 5.50. The van der Waals surface area contributed by atoms with Crippen LogP contribution in [0, 0.1) is 0 Å². The number of nitrogens with zero attached hydrogens (tertiary/aromatic N) is 2. The first-order chi connectivity index (χ1) is 8.33. The molecule has 0 saturated heterocycles. The first kappa shape index (κ1) is 13.1. The Hall–Kier alpha value is -1.39. The largest absolute Gasteiger partial charge is 0.339 e. The molecule has 1 saturated carbocycles. The Kier molecular flexibility index (Phi) is 3.99. The zero-order valence-corrected chi connectivity index (χ0v) is 10.8. The molecule has 1 aromatic heterocycles. The lowest BCUT2D eigenvalue weighted by Gasteiger charge is -2.01. The molecule has 3 rings (SSSR count). The monoisotopic (exact) mass is 265 g/mol. The molecule has 1 aliphatic carbocycles. The Morgan fingerprint density at radius 3 is 2.61 bits per heavy atom. The van der Waals surface area contributed by atoms with Crippen LogP contribution in [0.15, 0.2) is 34.9 Å². The lowest BCUT2D eigenvalue weighted by atomic mass is 10.1. The average molecular weight is 266 g/mol. The fourth-order valence-electron chi connectivity index (χ4n) is 2.35. The molecular formula is C13H16ClN3O. The van der Waals surface area contributed by atoms with Crippen LogP contribution in [0.1, 0.15) is 31.1 Å². The molecule has 0 aliphatic heterocycles. The third kappa shape index (κ3) is 2.54. The molecule has 1 aromatic carbocycles. The number of nitrogens with two attached hydrogens (primary N) is 1. The highest BCUT2D eigenvalue weighted by molar-refractivity contribution is 5.85. The number of aromatic nitrogens is 2. The van der Waals surface area contributed by atoms with Gasteiger partial charge in [-0.05, 0) is 19.3 Å². The maximum absolute atomic E-state index is 5.89. The van der Waals surface area contributed by atoms with E-state index >= 15 is 0 Å². The Morgan fingerprint density at radius 1 is 1.17 bits per heavy atom. The molecule has 2 aromatic rings. The fourth-order valence-corrected chi connectivity index (χ4v) is 2.35. The van der Waals surface area contributed by atoms with Crippen molar-refractivity contribution in [1.29, 1.82) is 0 Å². The summed E-state index contributed by atoms with van der Waals surface area (Å²) in [7, 11) is 0. The van der Waals surface area contributed by atoms with Gasteiger partial charge in [-0.2, -0.15) is 4.98 Å². The lowest BCUT2D eigenvalue weighted by Crippen LogP contribution is -2.14. The second-order valence-corrected chi connectivity index (χ2v) is 4.59. The minimum Gasteiger partial charge on any atom is -0.339 e. The molecule has 0 radical (unpaired) electrons. The smallest absolute Gasteiger partial charge is 0.230 e. The van der Waals surface area contributed by atoms with Crippen molar-refractivity contribution in [1.82, 2.24) is 10.1 Å². The second-order valence-electron chi connectivity index (χ2n) is 4.59. The van der Waals surface area contributed by atoms with E-state index in [1.54, 1.807) is 0 Å². The van der Waals surface area contributed by atoms with Crippen LogP contribution in [0.5, 0.6) is 0 Å². The van der Waals surface area contributed by atoms with E-state index in [1.807, 2.05) is 30.3 Å². The zero-order chi connectivity index (χ0) is 11.7. The summed E-state index contributed by atoms with van der Waals surface area (Å²) in [5, 5.41) is 4.03. The molecule has 0 amide bonds. The van der Waals surface area contributed by atoms with Gasteiger partial charge in [0.05, 0.1) is 0 Å². The molecule has 4 nitrogen and oxygen atoms in total. The van der Waals surface area contributed by atoms with E-state index in [0.29, 0.717) is 11.7 Å². The molecule has 1 heterocycles. The summed E-state index contributed by atoms with van der Waals surface area (Å²) in [6, 6.07) is 10.2. The molecule has 1 fully saturated rings. The first-order valence-electron chi connectivity index (χ1n) is 5.97. The number of hydrogen-bond donors (Lipinski definition) is 1. The Balaban J connectivity index is 0.00000120. The van der Waals surface area contributed by atoms with Gasteiger partial charge in [-0.15, -0.1) is 12.4 Å². The van der Waals surface area contributed by atoms with Crippen molar-refractivity contribution < 1.29 is 4.52 Å². The predicted molar refractivity (Wildman–Crippen MR) is 71.5 cm³/mol. The molecule has 0 spiro atoms. The molecule has 2 unspecified atom stereocenters. The summed E-state index contributed by atoms with van der Waals surface area (Å²) in [6.07, 6.45) is 3.06. The van der Waals surface area contributed by atoms with Gasteiger partial charge in [0.25, 0.3) is 0 Å². The minimum atomic E-state index is 0. The van der Waals surface area contributed by atoms with E-state index in [2.05, 4.69) is 10.1 Å². The lowest BCUT2D eigenvalue weighted by molar-refractivity contribution is 0.353. The van der Waals surface area contributed by atoms with Crippen molar-refractivity contribution in [3.8, 4) is 11.4 Å². The summed E-state index contributed by atoms with van der Waals surface area (Å²) < 4.78 is 5.33.